The SMILES string of the molecule is Cc1ccc(NC(=O)CN2C(=O)S/C(=C/c3cc(Br)c(OCc4ccc(Cl)cc4)c(Br)c3)C2=O)cc1Cl. The average molecular weight is 685 g/mol. The van der Waals surface area contributed by atoms with Gasteiger partial charge in [0.25, 0.3) is 11.1 Å². The topological polar surface area (TPSA) is 75.7 Å². The maximum atomic E-state index is 12.9. The molecule has 37 heavy (non-hydrogen) atoms. The molecule has 1 aliphatic heterocycles. The van der Waals surface area contributed by atoms with Crippen molar-refractivity contribution >= 4 is 95.6 Å². The number of ether oxygens (including phenoxy) is 1. The standard InChI is InChI=1S/C26H18Br2Cl2N2O4S/c1-14-2-7-18(11-21(14)30)31-23(33)12-32-25(34)22(37-26(32)35)10-16-8-19(27)24(20(28)9-16)36-13-15-3-5-17(29)6-4-15/h2-11H,12-13H2,1H3,(H,31,33)/b22-10+. The van der Waals surface area contributed by atoms with Crippen LogP contribution in [0.25, 0.3) is 6.08 Å². The molecule has 4 rings (SSSR count). The number of amides is 3. The molecule has 0 saturated carbocycles. The van der Waals surface area contributed by atoms with E-state index >= 15 is 0 Å². The van der Waals surface area contributed by atoms with Crippen molar-refractivity contribution in [3.05, 3.63) is 95.2 Å². The van der Waals surface area contributed by atoms with Crippen LogP contribution in [0.3, 0.4) is 0 Å². The van der Waals surface area contributed by atoms with Crippen molar-refractivity contribution in [3.63, 3.8) is 0 Å². The number of hydrogen-bond donors (Lipinski definition) is 1. The van der Waals surface area contributed by atoms with E-state index in [2.05, 4.69) is 37.2 Å². The Kier molecular flexibility index (Phi) is 9.03. The molecule has 0 spiro atoms. The van der Waals surface area contributed by atoms with E-state index in [1.54, 1.807) is 48.5 Å². The third-order valence-corrected chi connectivity index (χ3v) is 7.99. The number of benzene rings is 3. The first-order valence-electron chi connectivity index (χ1n) is 10.8. The van der Waals surface area contributed by atoms with Gasteiger partial charge in [-0.05, 0) is 110 Å². The predicted molar refractivity (Wildman–Crippen MR) is 155 cm³/mol. The van der Waals surface area contributed by atoms with Crippen molar-refractivity contribution < 1.29 is 19.1 Å². The van der Waals surface area contributed by atoms with Crippen LogP contribution in [0.5, 0.6) is 5.75 Å². The first-order chi connectivity index (χ1) is 17.6. The molecule has 0 aliphatic carbocycles. The summed E-state index contributed by atoms with van der Waals surface area (Å²) in [5.41, 5.74) is 2.98. The maximum absolute atomic E-state index is 12.9. The number of aryl methyl sites for hydroxylation is 1. The minimum Gasteiger partial charge on any atom is -0.487 e. The van der Waals surface area contributed by atoms with E-state index < -0.39 is 23.6 Å². The fourth-order valence-electron chi connectivity index (χ4n) is 3.34. The highest BCUT2D eigenvalue weighted by Crippen LogP contribution is 2.38. The van der Waals surface area contributed by atoms with Crippen molar-refractivity contribution in [2.24, 2.45) is 0 Å². The highest BCUT2D eigenvalue weighted by Gasteiger charge is 2.36. The van der Waals surface area contributed by atoms with Crippen LogP contribution >= 0.6 is 66.8 Å². The van der Waals surface area contributed by atoms with Crippen molar-refractivity contribution in [1.82, 2.24) is 4.90 Å². The Morgan fingerprint density at radius 3 is 2.38 bits per heavy atom. The fourth-order valence-corrected chi connectivity index (χ4v) is 5.93. The number of halogens is 4. The summed E-state index contributed by atoms with van der Waals surface area (Å²) in [6.45, 7) is 1.78. The molecule has 3 aromatic carbocycles. The van der Waals surface area contributed by atoms with Gasteiger partial charge in [-0.3, -0.25) is 19.3 Å². The van der Waals surface area contributed by atoms with Gasteiger partial charge in [-0.25, -0.2) is 0 Å². The number of imide groups is 1. The second-order valence-corrected chi connectivity index (χ2v) is 11.6. The van der Waals surface area contributed by atoms with Gasteiger partial charge in [0.2, 0.25) is 5.91 Å². The first kappa shape index (κ1) is 27.7. The molecule has 0 atom stereocenters. The van der Waals surface area contributed by atoms with E-state index in [4.69, 9.17) is 27.9 Å². The zero-order chi connectivity index (χ0) is 26.7. The maximum Gasteiger partial charge on any atom is 0.294 e. The van der Waals surface area contributed by atoms with E-state index in [-0.39, 0.29) is 4.91 Å². The zero-order valence-corrected chi connectivity index (χ0v) is 24.7. The van der Waals surface area contributed by atoms with Crippen LogP contribution in [-0.4, -0.2) is 28.5 Å². The van der Waals surface area contributed by atoms with Crippen molar-refractivity contribution in [3.8, 4) is 5.75 Å². The first-order valence-corrected chi connectivity index (χ1v) is 13.9. The lowest BCUT2D eigenvalue weighted by Crippen LogP contribution is -2.36. The molecule has 1 aliphatic rings. The summed E-state index contributed by atoms with van der Waals surface area (Å²) >= 11 is 19.8. The third kappa shape index (κ3) is 6.97. The van der Waals surface area contributed by atoms with E-state index in [1.807, 2.05) is 19.1 Å². The monoisotopic (exact) mass is 682 g/mol. The number of nitrogens with one attached hydrogen (secondary N) is 1. The van der Waals surface area contributed by atoms with E-state index in [1.165, 1.54) is 0 Å². The largest absolute Gasteiger partial charge is 0.487 e. The average Bonchev–Trinajstić information content (AvgIpc) is 3.09. The van der Waals surface area contributed by atoms with Crippen molar-refractivity contribution in [2.45, 2.75) is 13.5 Å². The molecule has 6 nitrogen and oxygen atoms in total. The lowest BCUT2D eigenvalue weighted by atomic mass is 10.2. The van der Waals surface area contributed by atoms with Crippen LogP contribution in [0.2, 0.25) is 10.0 Å². The number of rotatable bonds is 7. The van der Waals surface area contributed by atoms with E-state index in [9.17, 15) is 14.4 Å². The Hall–Kier alpha value is -2.30. The normalized spacial score (nSPS) is 14.4. The van der Waals surface area contributed by atoms with Gasteiger partial charge in [-0.15, -0.1) is 0 Å². The summed E-state index contributed by atoms with van der Waals surface area (Å²) in [4.78, 5) is 39.0. The Bertz CT molecular complexity index is 1410. The quantitative estimate of drug-likeness (QED) is 0.255. The van der Waals surface area contributed by atoms with Gasteiger partial charge in [0.15, 0.2) is 0 Å². The number of thioether (sulfide) groups is 1. The third-order valence-electron chi connectivity index (χ3n) is 5.25. The molecule has 3 aromatic rings. The summed E-state index contributed by atoms with van der Waals surface area (Å²) < 4.78 is 7.26. The predicted octanol–water partition coefficient (Wildman–Crippen LogP) is 8.08. The molecule has 190 valence electrons. The molecule has 1 N–H and O–H groups in total. The molecule has 1 fully saturated rings. The van der Waals surface area contributed by atoms with Crippen LogP contribution < -0.4 is 10.1 Å². The van der Waals surface area contributed by atoms with Crippen molar-refractivity contribution in [2.75, 3.05) is 11.9 Å². The lowest BCUT2D eigenvalue weighted by molar-refractivity contribution is -0.127. The summed E-state index contributed by atoms with van der Waals surface area (Å²) in [7, 11) is 0. The van der Waals surface area contributed by atoms with Crippen LogP contribution in [0.4, 0.5) is 10.5 Å². The van der Waals surface area contributed by atoms with Crippen LogP contribution in [0, 0.1) is 6.92 Å². The minimum absolute atomic E-state index is 0.213. The highest BCUT2D eigenvalue weighted by molar-refractivity contribution is 9.11. The van der Waals surface area contributed by atoms with Gasteiger partial charge >= 0.3 is 0 Å². The Morgan fingerprint density at radius 2 is 1.73 bits per heavy atom. The molecule has 0 radical (unpaired) electrons. The van der Waals surface area contributed by atoms with Crippen LogP contribution in [-0.2, 0) is 16.2 Å². The molecule has 11 heteroatoms. The lowest BCUT2D eigenvalue weighted by Gasteiger charge is -2.13. The second-order valence-electron chi connectivity index (χ2n) is 8.01. The second kappa shape index (κ2) is 12.0. The molecule has 1 saturated heterocycles. The summed E-state index contributed by atoms with van der Waals surface area (Å²) in [5, 5.41) is 3.29. The molecule has 0 unspecified atom stereocenters. The molecular weight excluding hydrogens is 667 g/mol. The Balaban J connectivity index is 1.43. The number of carbonyl (C=O) groups excluding carboxylic acids is 3. The summed E-state index contributed by atoms with van der Waals surface area (Å²) in [5.74, 6) is -0.452. The highest BCUT2D eigenvalue weighted by atomic mass is 79.9. The summed E-state index contributed by atoms with van der Waals surface area (Å²) in [6.07, 6.45) is 1.60. The zero-order valence-electron chi connectivity index (χ0n) is 19.2. The molecule has 1 heterocycles. The van der Waals surface area contributed by atoms with Gasteiger partial charge in [-0.2, -0.15) is 0 Å². The fraction of sp³-hybridized carbons (Fsp3) is 0.115. The van der Waals surface area contributed by atoms with Gasteiger partial charge < -0.3 is 10.1 Å². The minimum atomic E-state index is -0.539. The van der Waals surface area contributed by atoms with Crippen LogP contribution in [0.1, 0.15) is 16.7 Å². The number of anilines is 1. The number of nitrogens with zero attached hydrogens (tertiary/aromatic N) is 1. The number of carbonyl (C=O) groups is 3. The van der Waals surface area contributed by atoms with Crippen molar-refractivity contribution in [1.29, 1.82) is 0 Å². The van der Waals surface area contributed by atoms with E-state index in [0.29, 0.717) is 42.6 Å². The molecular formula is C26H18Br2Cl2N2O4S. The number of hydrogen-bond acceptors (Lipinski definition) is 5. The van der Waals surface area contributed by atoms with Crippen LogP contribution in [0.15, 0.2) is 68.4 Å². The smallest absolute Gasteiger partial charge is 0.294 e. The van der Waals surface area contributed by atoms with Gasteiger partial charge in [0.1, 0.15) is 18.9 Å². The Morgan fingerprint density at radius 1 is 1.05 bits per heavy atom. The van der Waals surface area contributed by atoms with Gasteiger partial charge in [0.05, 0.1) is 13.9 Å². The Labute approximate surface area is 244 Å². The molecule has 0 bridgehead atoms. The van der Waals surface area contributed by atoms with E-state index in [0.717, 1.165) is 27.8 Å². The molecule has 3 amide bonds. The molecule has 0 aromatic heterocycles. The summed E-state index contributed by atoms with van der Waals surface area (Å²) in [6, 6.07) is 16.0. The van der Waals surface area contributed by atoms with Gasteiger partial charge in [0, 0.05) is 15.7 Å². The van der Waals surface area contributed by atoms with Gasteiger partial charge in [-0.1, -0.05) is 41.4 Å².